The maximum atomic E-state index is 11.9. The number of hydrogen-bond acceptors (Lipinski definition) is 6. The standard InChI is InChI=1S/C16H19N3O4S/c1-24(20,21)19-8-2-4-11-10-12(6-7-13(11)19)16-17-15(18-23-16)14-5-3-9-22-14/h6-7,10,14H,2-5,8-9H2,1H3/t14-/m1/s1. The van der Waals surface area contributed by atoms with E-state index in [1.165, 1.54) is 10.6 Å². The van der Waals surface area contributed by atoms with Gasteiger partial charge in [-0.1, -0.05) is 5.16 Å². The van der Waals surface area contributed by atoms with E-state index in [4.69, 9.17) is 9.26 Å². The number of aromatic nitrogens is 2. The fourth-order valence-electron chi connectivity index (χ4n) is 3.30. The molecule has 0 aliphatic carbocycles. The molecule has 2 aliphatic heterocycles. The zero-order valence-electron chi connectivity index (χ0n) is 13.4. The number of nitrogens with zero attached hydrogens (tertiary/aromatic N) is 3. The van der Waals surface area contributed by atoms with Crippen molar-refractivity contribution in [3.05, 3.63) is 29.6 Å². The lowest BCUT2D eigenvalue weighted by molar-refractivity contribution is 0.103. The molecule has 0 amide bonds. The Kier molecular flexibility index (Phi) is 3.80. The molecular formula is C16H19N3O4S. The molecule has 128 valence electrons. The van der Waals surface area contributed by atoms with E-state index in [-0.39, 0.29) is 6.10 Å². The molecule has 2 aromatic rings. The van der Waals surface area contributed by atoms with Gasteiger partial charge in [-0.25, -0.2) is 8.42 Å². The van der Waals surface area contributed by atoms with E-state index in [1.54, 1.807) is 0 Å². The Balaban J connectivity index is 1.66. The third-order valence-electron chi connectivity index (χ3n) is 4.46. The van der Waals surface area contributed by atoms with Crippen LogP contribution in [0.3, 0.4) is 0 Å². The topological polar surface area (TPSA) is 85.5 Å². The summed E-state index contributed by atoms with van der Waals surface area (Å²) in [5.74, 6) is 1.03. The maximum absolute atomic E-state index is 11.9. The van der Waals surface area contributed by atoms with E-state index in [0.29, 0.717) is 18.3 Å². The Hall–Kier alpha value is -1.93. The number of fused-ring (bicyclic) bond motifs is 1. The molecule has 0 saturated carbocycles. The van der Waals surface area contributed by atoms with Crippen LogP contribution in [0.1, 0.15) is 36.8 Å². The Bertz CT molecular complexity index is 856. The largest absolute Gasteiger partial charge is 0.370 e. The van der Waals surface area contributed by atoms with Gasteiger partial charge in [0.1, 0.15) is 6.10 Å². The summed E-state index contributed by atoms with van der Waals surface area (Å²) < 4.78 is 36.3. The van der Waals surface area contributed by atoms with Gasteiger partial charge in [0.05, 0.1) is 11.9 Å². The minimum Gasteiger partial charge on any atom is -0.370 e. The third-order valence-corrected chi connectivity index (χ3v) is 5.64. The van der Waals surface area contributed by atoms with E-state index in [1.807, 2.05) is 18.2 Å². The van der Waals surface area contributed by atoms with Crippen molar-refractivity contribution >= 4 is 15.7 Å². The lowest BCUT2D eigenvalue weighted by atomic mass is 10.0. The summed E-state index contributed by atoms with van der Waals surface area (Å²) in [4.78, 5) is 4.44. The highest BCUT2D eigenvalue weighted by Crippen LogP contribution is 2.33. The van der Waals surface area contributed by atoms with Gasteiger partial charge in [-0.05, 0) is 49.4 Å². The second-order valence-corrected chi connectivity index (χ2v) is 8.15. The van der Waals surface area contributed by atoms with E-state index >= 15 is 0 Å². The predicted molar refractivity (Wildman–Crippen MR) is 88.2 cm³/mol. The highest BCUT2D eigenvalue weighted by atomic mass is 32.2. The second kappa shape index (κ2) is 5.86. The van der Waals surface area contributed by atoms with Crippen LogP contribution in [-0.2, 0) is 21.2 Å². The fourth-order valence-corrected chi connectivity index (χ4v) is 4.30. The van der Waals surface area contributed by atoms with E-state index < -0.39 is 10.0 Å². The summed E-state index contributed by atoms with van der Waals surface area (Å²) in [6.45, 7) is 1.25. The summed E-state index contributed by atoms with van der Waals surface area (Å²) in [5, 5.41) is 4.02. The van der Waals surface area contributed by atoms with Crippen LogP contribution in [0.4, 0.5) is 5.69 Å². The molecule has 24 heavy (non-hydrogen) atoms. The first-order chi connectivity index (χ1) is 11.5. The van der Waals surface area contributed by atoms with Gasteiger partial charge < -0.3 is 9.26 Å². The highest BCUT2D eigenvalue weighted by molar-refractivity contribution is 7.92. The molecule has 8 heteroatoms. The lowest BCUT2D eigenvalue weighted by Gasteiger charge is -2.29. The van der Waals surface area contributed by atoms with Gasteiger partial charge in [0.15, 0.2) is 0 Å². The van der Waals surface area contributed by atoms with Crippen LogP contribution in [0.5, 0.6) is 0 Å². The van der Waals surface area contributed by atoms with Crippen molar-refractivity contribution < 1.29 is 17.7 Å². The van der Waals surface area contributed by atoms with Crippen molar-refractivity contribution in [3.8, 4) is 11.5 Å². The Labute approximate surface area is 140 Å². The first-order valence-corrected chi connectivity index (χ1v) is 9.93. The SMILES string of the molecule is CS(=O)(=O)N1CCCc2cc(-c3nc([C@H]4CCCO4)no3)ccc21. The number of hydrogen-bond donors (Lipinski definition) is 0. The second-order valence-electron chi connectivity index (χ2n) is 6.24. The zero-order chi connectivity index (χ0) is 16.7. The quantitative estimate of drug-likeness (QED) is 0.845. The molecular weight excluding hydrogens is 330 g/mol. The van der Waals surface area contributed by atoms with Gasteiger partial charge in [-0.3, -0.25) is 4.31 Å². The highest BCUT2D eigenvalue weighted by Gasteiger charge is 2.26. The minimum absolute atomic E-state index is 0.0825. The van der Waals surface area contributed by atoms with Gasteiger partial charge in [-0.15, -0.1) is 0 Å². The minimum atomic E-state index is -3.26. The van der Waals surface area contributed by atoms with Gasteiger partial charge >= 0.3 is 0 Å². The molecule has 0 bridgehead atoms. The number of benzene rings is 1. The van der Waals surface area contributed by atoms with Crippen LogP contribution in [0.15, 0.2) is 22.7 Å². The fraction of sp³-hybridized carbons (Fsp3) is 0.500. The summed E-state index contributed by atoms with van der Waals surface area (Å²) in [7, 11) is -3.26. The van der Waals surface area contributed by atoms with Gasteiger partial charge in [0, 0.05) is 18.7 Å². The van der Waals surface area contributed by atoms with Crippen molar-refractivity contribution in [1.82, 2.24) is 10.1 Å². The van der Waals surface area contributed by atoms with Crippen molar-refractivity contribution in [2.75, 3.05) is 23.7 Å². The summed E-state index contributed by atoms with van der Waals surface area (Å²) in [6, 6.07) is 5.59. The van der Waals surface area contributed by atoms with Gasteiger partial charge in [0.2, 0.25) is 15.8 Å². The Morgan fingerprint density at radius 2 is 2.17 bits per heavy atom. The number of aryl methyl sites for hydroxylation is 1. The molecule has 4 rings (SSSR count). The molecule has 0 radical (unpaired) electrons. The maximum Gasteiger partial charge on any atom is 0.258 e. The lowest BCUT2D eigenvalue weighted by Crippen LogP contribution is -2.34. The van der Waals surface area contributed by atoms with Crippen LogP contribution in [0.2, 0.25) is 0 Å². The Morgan fingerprint density at radius 1 is 1.29 bits per heavy atom. The number of sulfonamides is 1. The molecule has 1 aromatic heterocycles. The van der Waals surface area contributed by atoms with Crippen LogP contribution < -0.4 is 4.31 Å². The van der Waals surface area contributed by atoms with Crippen LogP contribution in [0, 0.1) is 0 Å². The summed E-state index contributed by atoms with van der Waals surface area (Å²) >= 11 is 0. The first kappa shape index (κ1) is 15.6. The molecule has 3 heterocycles. The van der Waals surface area contributed by atoms with Gasteiger partial charge in [-0.2, -0.15) is 4.98 Å². The molecule has 2 aliphatic rings. The van der Waals surface area contributed by atoms with Crippen molar-refractivity contribution in [3.63, 3.8) is 0 Å². The molecule has 0 spiro atoms. The van der Waals surface area contributed by atoms with E-state index in [0.717, 1.165) is 49.1 Å². The molecule has 7 nitrogen and oxygen atoms in total. The molecule has 0 N–H and O–H groups in total. The molecule has 0 unspecified atom stereocenters. The predicted octanol–water partition coefficient (Wildman–Crippen LogP) is 2.30. The third kappa shape index (κ3) is 2.80. The molecule has 1 atom stereocenters. The summed E-state index contributed by atoms with van der Waals surface area (Å²) in [5.41, 5.74) is 2.54. The van der Waals surface area contributed by atoms with E-state index in [9.17, 15) is 8.42 Å². The van der Waals surface area contributed by atoms with Crippen molar-refractivity contribution in [2.45, 2.75) is 31.8 Å². The number of ether oxygens (including phenoxy) is 1. The average Bonchev–Trinajstić information content (AvgIpc) is 3.23. The zero-order valence-corrected chi connectivity index (χ0v) is 14.3. The normalized spacial score (nSPS) is 21.0. The first-order valence-electron chi connectivity index (χ1n) is 8.08. The summed E-state index contributed by atoms with van der Waals surface area (Å²) in [6.07, 6.45) is 4.71. The van der Waals surface area contributed by atoms with Crippen molar-refractivity contribution in [2.24, 2.45) is 0 Å². The average molecular weight is 349 g/mol. The van der Waals surface area contributed by atoms with Gasteiger partial charge in [0.25, 0.3) is 5.89 Å². The number of rotatable bonds is 3. The Morgan fingerprint density at radius 3 is 2.92 bits per heavy atom. The van der Waals surface area contributed by atoms with Crippen molar-refractivity contribution in [1.29, 1.82) is 0 Å². The molecule has 1 aromatic carbocycles. The van der Waals surface area contributed by atoms with E-state index in [2.05, 4.69) is 10.1 Å². The smallest absolute Gasteiger partial charge is 0.258 e. The molecule has 1 saturated heterocycles. The van der Waals surface area contributed by atoms with Crippen LogP contribution in [-0.4, -0.2) is 38.0 Å². The monoisotopic (exact) mass is 349 g/mol. The molecule has 1 fully saturated rings. The van der Waals surface area contributed by atoms with Crippen LogP contribution in [0.25, 0.3) is 11.5 Å². The number of anilines is 1. The van der Waals surface area contributed by atoms with Crippen LogP contribution >= 0.6 is 0 Å².